The van der Waals surface area contributed by atoms with Crippen molar-refractivity contribution in [1.82, 2.24) is 0 Å². The van der Waals surface area contributed by atoms with E-state index in [1.54, 1.807) is 42.5 Å². The number of cyclic esters (lactones) is 1. The summed E-state index contributed by atoms with van der Waals surface area (Å²) in [4.78, 5) is 12.6. The molecule has 6 heteroatoms. The lowest BCUT2D eigenvalue weighted by Gasteiger charge is -2.43. The van der Waals surface area contributed by atoms with Gasteiger partial charge in [-0.05, 0) is 48.6 Å². The number of hydrogen-bond acceptors (Lipinski definition) is 5. The molecule has 1 aliphatic heterocycles. The summed E-state index contributed by atoms with van der Waals surface area (Å²) in [5.74, 6) is -0.579. The monoisotopic (exact) mass is 411 g/mol. The van der Waals surface area contributed by atoms with Gasteiger partial charge in [0.1, 0.15) is 0 Å². The molecule has 1 saturated heterocycles. The van der Waals surface area contributed by atoms with E-state index in [0.717, 1.165) is 18.4 Å². The van der Waals surface area contributed by atoms with Gasteiger partial charge in [0.05, 0.1) is 35.3 Å². The van der Waals surface area contributed by atoms with Gasteiger partial charge in [-0.3, -0.25) is 4.79 Å². The second-order valence-electron chi connectivity index (χ2n) is 7.66. The summed E-state index contributed by atoms with van der Waals surface area (Å²) in [7, 11) is -3.59. The Kier molecular flexibility index (Phi) is 6.39. The van der Waals surface area contributed by atoms with Gasteiger partial charge in [0.2, 0.25) is 0 Å². The fourth-order valence-electron chi connectivity index (χ4n) is 4.31. The van der Waals surface area contributed by atoms with Crippen molar-refractivity contribution in [2.45, 2.75) is 43.4 Å². The Balaban J connectivity index is 2.06. The van der Waals surface area contributed by atoms with Crippen LogP contribution < -0.4 is 0 Å². The Morgan fingerprint density at radius 3 is 2.41 bits per heavy atom. The molecule has 2 atom stereocenters. The zero-order chi connectivity index (χ0) is 20.9. The maximum Gasteiger partial charge on any atom is 0.306 e. The van der Waals surface area contributed by atoms with Crippen molar-refractivity contribution in [2.75, 3.05) is 12.4 Å². The van der Waals surface area contributed by atoms with E-state index in [1.807, 2.05) is 12.1 Å². The Bertz CT molecular complexity index is 993. The van der Waals surface area contributed by atoms with Crippen LogP contribution in [-0.2, 0) is 19.4 Å². The highest BCUT2D eigenvalue weighted by molar-refractivity contribution is 7.91. The SMILES string of the molecule is CCCC(c1ccc(C#N)cc1)C1(CS(=O)(=O)c2ccccc2)CCOC(=O)C1. The summed E-state index contributed by atoms with van der Waals surface area (Å²) in [5.41, 5.74) is 0.774. The molecule has 29 heavy (non-hydrogen) atoms. The summed E-state index contributed by atoms with van der Waals surface area (Å²) in [6.07, 6.45) is 2.18. The first-order valence-electron chi connectivity index (χ1n) is 9.84. The molecule has 1 heterocycles. The highest BCUT2D eigenvalue weighted by atomic mass is 32.2. The summed E-state index contributed by atoms with van der Waals surface area (Å²) in [6, 6.07) is 17.8. The second kappa shape index (κ2) is 8.79. The van der Waals surface area contributed by atoms with Gasteiger partial charge in [-0.15, -0.1) is 0 Å². The fraction of sp³-hybridized carbons (Fsp3) is 0.391. The van der Waals surface area contributed by atoms with Gasteiger partial charge in [0, 0.05) is 5.41 Å². The zero-order valence-corrected chi connectivity index (χ0v) is 17.3. The molecule has 0 aromatic heterocycles. The number of rotatable bonds is 7. The van der Waals surface area contributed by atoms with Gasteiger partial charge in [-0.25, -0.2) is 8.42 Å². The lowest BCUT2D eigenvalue weighted by Crippen LogP contribution is -2.43. The minimum absolute atomic E-state index is 0.0731. The van der Waals surface area contributed by atoms with Gasteiger partial charge in [-0.2, -0.15) is 5.26 Å². The van der Waals surface area contributed by atoms with Crippen LogP contribution in [-0.4, -0.2) is 26.7 Å². The maximum absolute atomic E-state index is 13.3. The van der Waals surface area contributed by atoms with Gasteiger partial charge < -0.3 is 4.74 Å². The van der Waals surface area contributed by atoms with E-state index in [-0.39, 0.29) is 35.6 Å². The lowest BCUT2D eigenvalue weighted by atomic mass is 9.66. The van der Waals surface area contributed by atoms with E-state index < -0.39 is 15.3 Å². The summed E-state index contributed by atoms with van der Waals surface area (Å²) in [6.45, 7) is 2.27. The minimum Gasteiger partial charge on any atom is -0.466 e. The van der Waals surface area contributed by atoms with E-state index in [0.29, 0.717) is 12.0 Å². The van der Waals surface area contributed by atoms with Crippen LogP contribution in [0, 0.1) is 16.7 Å². The normalized spacial score (nSPS) is 20.5. The third-order valence-corrected chi connectivity index (χ3v) is 7.64. The molecule has 0 saturated carbocycles. The molecule has 152 valence electrons. The van der Waals surface area contributed by atoms with Crippen molar-refractivity contribution < 1.29 is 17.9 Å². The predicted molar refractivity (Wildman–Crippen MR) is 110 cm³/mol. The highest BCUT2D eigenvalue weighted by Gasteiger charge is 2.47. The number of esters is 1. The van der Waals surface area contributed by atoms with E-state index in [1.165, 1.54) is 0 Å². The standard InChI is InChI=1S/C23H25NO4S/c1-2-6-21(19-11-9-18(16-24)10-12-19)23(13-14-28-22(25)15-23)17-29(26,27)20-7-4-3-5-8-20/h3-5,7-12,21H,2,6,13-15,17H2,1H3. The van der Waals surface area contributed by atoms with Crippen molar-refractivity contribution in [3.8, 4) is 6.07 Å². The number of carbonyl (C=O) groups excluding carboxylic acids is 1. The van der Waals surface area contributed by atoms with E-state index >= 15 is 0 Å². The quantitative estimate of drug-likeness (QED) is 0.636. The fourth-order valence-corrected chi connectivity index (χ4v) is 6.25. The molecule has 0 amide bonds. The largest absolute Gasteiger partial charge is 0.466 e. The zero-order valence-electron chi connectivity index (χ0n) is 16.5. The Hall–Kier alpha value is -2.65. The van der Waals surface area contributed by atoms with Crippen molar-refractivity contribution in [3.05, 3.63) is 65.7 Å². The number of ether oxygens (including phenoxy) is 1. The van der Waals surface area contributed by atoms with E-state index in [4.69, 9.17) is 10.00 Å². The second-order valence-corrected chi connectivity index (χ2v) is 9.65. The van der Waals surface area contributed by atoms with Gasteiger partial charge in [0.25, 0.3) is 0 Å². The Morgan fingerprint density at radius 1 is 1.14 bits per heavy atom. The molecule has 0 aliphatic carbocycles. The van der Waals surface area contributed by atoms with Crippen molar-refractivity contribution >= 4 is 15.8 Å². The third-order valence-electron chi connectivity index (χ3n) is 5.70. The molecule has 2 aromatic rings. The molecule has 0 bridgehead atoms. The van der Waals surface area contributed by atoms with Crippen molar-refractivity contribution in [3.63, 3.8) is 0 Å². The number of benzene rings is 2. The maximum atomic E-state index is 13.3. The minimum atomic E-state index is -3.59. The Morgan fingerprint density at radius 2 is 1.83 bits per heavy atom. The molecular formula is C23H25NO4S. The molecule has 1 fully saturated rings. The average Bonchev–Trinajstić information content (AvgIpc) is 2.72. The van der Waals surface area contributed by atoms with Crippen molar-refractivity contribution in [1.29, 1.82) is 5.26 Å². The number of carbonyl (C=O) groups is 1. The predicted octanol–water partition coefficient (Wildman–Crippen LogP) is 4.24. The van der Waals surface area contributed by atoms with Gasteiger partial charge in [-0.1, -0.05) is 43.7 Å². The first-order chi connectivity index (χ1) is 13.9. The number of nitriles is 1. The van der Waals surface area contributed by atoms with E-state index in [9.17, 15) is 13.2 Å². The molecule has 5 nitrogen and oxygen atoms in total. The molecule has 1 aliphatic rings. The average molecular weight is 412 g/mol. The molecule has 0 N–H and O–H groups in total. The summed E-state index contributed by atoms with van der Waals surface area (Å²) < 4.78 is 31.7. The number of nitrogens with zero attached hydrogens (tertiary/aromatic N) is 1. The summed E-state index contributed by atoms with van der Waals surface area (Å²) >= 11 is 0. The molecule has 0 spiro atoms. The van der Waals surface area contributed by atoms with Gasteiger partial charge >= 0.3 is 5.97 Å². The smallest absolute Gasteiger partial charge is 0.306 e. The molecule has 2 unspecified atom stereocenters. The van der Waals surface area contributed by atoms with Crippen LogP contribution in [0.2, 0.25) is 0 Å². The highest BCUT2D eigenvalue weighted by Crippen LogP contribution is 2.48. The third kappa shape index (κ3) is 4.68. The van der Waals surface area contributed by atoms with Crippen LogP contribution in [0.3, 0.4) is 0 Å². The van der Waals surface area contributed by atoms with Crippen LogP contribution in [0.4, 0.5) is 0 Å². The van der Waals surface area contributed by atoms with Gasteiger partial charge in [0.15, 0.2) is 9.84 Å². The molecular weight excluding hydrogens is 386 g/mol. The van der Waals surface area contributed by atoms with E-state index in [2.05, 4.69) is 13.0 Å². The van der Waals surface area contributed by atoms with Crippen LogP contribution >= 0.6 is 0 Å². The first-order valence-corrected chi connectivity index (χ1v) is 11.5. The number of sulfone groups is 1. The number of hydrogen-bond donors (Lipinski definition) is 0. The Labute approximate surface area is 172 Å². The van der Waals surface area contributed by atoms with Crippen LogP contribution in [0.15, 0.2) is 59.5 Å². The first kappa shape index (κ1) is 21.1. The molecule has 2 aromatic carbocycles. The summed E-state index contributed by atoms with van der Waals surface area (Å²) in [5, 5.41) is 9.09. The van der Waals surface area contributed by atoms with Crippen molar-refractivity contribution in [2.24, 2.45) is 5.41 Å². The van der Waals surface area contributed by atoms with Crippen LogP contribution in [0.25, 0.3) is 0 Å². The lowest BCUT2D eigenvalue weighted by molar-refractivity contribution is -0.153. The topological polar surface area (TPSA) is 84.2 Å². The molecule has 3 rings (SSSR count). The van der Waals surface area contributed by atoms with Crippen LogP contribution in [0.1, 0.15) is 49.7 Å². The van der Waals surface area contributed by atoms with Crippen LogP contribution in [0.5, 0.6) is 0 Å². The molecule has 0 radical (unpaired) electrons.